The number of nitrogens with zero attached hydrogens (tertiary/aromatic N) is 2. The molecule has 0 saturated carbocycles. The van der Waals surface area contributed by atoms with Crippen LogP contribution in [0.2, 0.25) is 0 Å². The Kier molecular flexibility index (Phi) is 7.13. The predicted octanol–water partition coefficient (Wildman–Crippen LogP) is 3.77. The van der Waals surface area contributed by atoms with Crippen molar-refractivity contribution in [1.29, 1.82) is 0 Å². The van der Waals surface area contributed by atoms with E-state index >= 15 is 0 Å². The minimum absolute atomic E-state index is 0.0353. The molecule has 0 N–H and O–H groups in total. The van der Waals surface area contributed by atoms with Crippen LogP contribution in [0.3, 0.4) is 0 Å². The second-order valence-electron chi connectivity index (χ2n) is 7.19. The largest absolute Gasteiger partial charge is 0.501 e. The van der Waals surface area contributed by atoms with Crippen LogP contribution >= 0.6 is 22.7 Å². The summed E-state index contributed by atoms with van der Waals surface area (Å²) in [6.45, 7) is 1.75. The topological polar surface area (TPSA) is 111 Å². The third kappa shape index (κ3) is 6.25. The molecule has 0 saturated heterocycles. The van der Waals surface area contributed by atoms with E-state index in [0.717, 1.165) is 18.4 Å². The molecular formula is C19H17F3N2O5S4. The Morgan fingerprint density at radius 2 is 1.67 bits per heavy atom. The monoisotopic (exact) mass is 538 g/mol. The first kappa shape index (κ1) is 25.5. The number of thiazole rings is 2. The fraction of sp³-hybridized carbons (Fsp3) is 0.316. The Labute approximate surface area is 196 Å². The molecular weight excluding hydrogens is 521 g/mol. The van der Waals surface area contributed by atoms with Crippen molar-refractivity contribution in [3.63, 3.8) is 0 Å². The van der Waals surface area contributed by atoms with Gasteiger partial charge in [-0.3, -0.25) is 4.79 Å². The summed E-state index contributed by atoms with van der Waals surface area (Å²) in [6, 6.07) is 3.98. The molecule has 0 aliphatic carbocycles. The lowest BCUT2D eigenvalue weighted by molar-refractivity contribution is -0.117. The van der Waals surface area contributed by atoms with Crippen molar-refractivity contribution in [1.82, 2.24) is 9.97 Å². The smallest absolute Gasteiger partial charge is 0.299 e. The summed E-state index contributed by atoms with van der Waals surface area (Å²) in [7, 11) is -8.74. The number of ketones is 1. The Hall–Kier alpha value is -2.16. The first-order valence-corrected chi connectivity index (χ1v) is 14.4. The van der Waals surface area contributed by atoms with Crippen LogP contribution in [0.25, 0.3) is 10.6 Å². The van der Waals surface area contributed by atoms with Crippen molar-refractivity contribution in [3.05, 3.63) is 50.9 Å². The highest BCUT2D eigenvalue weighted by Crippen LogP contribution is 2.33. The zero-order valence-electron chi connectivity index (χ0n) is 17.2. The van der Waals surface area contributed by atoms with Gasteiger partial charge in [0.25, 0.3) is 9.84 Å². The number of rotatable bonds is 8. The lowest BCUT2D eigenvalue weighted by Gasteiger charge is -2.08. The molecule has 0 spiro atoms. The van der Waals surface area contributed by atoms with Crippen LogP contribution in [0.1, 0.15) is 21.3 Å². The number of hydrogen-bond acceptors (Lipinski definition) is 9. The van der Waals surface area contributed by atoms with Gasteiger partial charge >= 0.3 is 5.51 Å². The first-order valence-electron chi connectivity index (χ1n) is 9.16. The summed E-state index contributed by atoms with van der Waals surface area (Å²) < 4.78 is 84.0. The second kappa shape index (κ2) is 9.24. The molecule has 33 heavy (non-hydrogen) atoms. The van der Waals surface area contributed by atoms with E-state index in [0.29, 0.717) is 31.8 Å². The highest BCUT2D eigenvalue weighted by atomic mass is 32.2. The van der Waals surface area contributed by atoms with Gasteiger partial charge in [0.1, 0.15) is 10.8 Å². The van der Waals surface area contributed by atoms with E-state index in [9.17, 15) is 34.8 Å². The molecule has 0 atom stereocenters. The van der Waals surface area contributed by atoms with Gasteiger partial charge in [0.15, 0.2) is 9.84 Å². The molecule has 14 heteroatoms. The minimum atomic E-state index is -5.44. The van der Waals surface area contributed by atoms with E-state index in [1.807, 2.05) is 0 Å². The van der Waals surface area contributed by atoms with Crippen LogP contribution in [0.15, 0.2) is 34.5 Å². The number of alkyl halides is 3. The maximum Gasteiger partial charge on any atom is 0.501 e. The second-order valence-corrected chi connectivity index (χ2v) is 13.4. The lowest BCUT2D eigenvalue weighted by atomic mass is 10.1. The minimum Gasteiger partial charge on any atom is -0.299 e. The third-order valence-corrected chi connectivity index (χ3v) is 8.46. The van der Waals surface area contributed by atoms with E-state index in [1.165, 1.54) is 34.8 Å². The van der Waals surface area contributed by atoms with Gasteiger partial charge in [0.2, 0.25) is 0 Å². The Morgan fingerprint density at radius 3 is 2.24 bits per heavy atom. The number of hydrogen-bond donors (Lipinski definition) is 0. The van der Waals surface area contributed by atoms with Gasteiger partial charge < -0.3 is 0 Å². The maximum atomic E-state index is 12.6. The first-order chi connectivity index (χ1) is 15.2. The average Bonchev–Trinajstić information content (AvgIpc) is 3.26. The number of sulfone groups is 2. The SMILES string of the molecule is Cc1nc(CS(C)(=O)=O)c(-c2csc(CC(=O)Cc3ccc(S(=O)(=O)C(F)(F)F)cc3)n2)s1. The van der Waals surface area contributed by atoms with Crippen LogP contribution in [0, 0.1) is 6.92 Å². The van der Waals surface area contributed by atoms with Gasteiger partial charge in [-0.05, 0) is 24.6 Å². The Bertz CT molecular complexity index is 1390. The maximum absolute atomic E-state index is 12.6. The van der Waals surface area contributed by atoms with E-state index in [-0.39, 0.29) is 24.4 Å². The van der Waals surface area contributed by atoms with Crippen LogP contribution in [-0.4, -0.2) is 44.4 Å². The number of aryl methyl sites for hydroxylation is 1. The summed E-state index contributed by atoms with van der Waals surface area (Å²) in [4.78, 5) is 20.8. The molecule has 1 aromatic carbocycles. The molecule has 2 aromatic heterocycles. The highest BCUT2D eigenvalue weighted by molar-refractivity contribution is 7.92. The predicted molar refractivity (Wildman–Crippen MR) is 119 cm³/mol. The summed E-state index contributed by atoms with van der Waals surface area (Å²) >= 11 is 2.52. The highest BCUT2D eigenvalue weighted by Gasteiger charge is 2.46. The number of benzene rings is 1. The number of aromatic nitrogens is 2. The van der Waals surface area contributed by atoms with Crippen LogP contribution in [-0.2, 0) is 43.1 Å². The summed E-state index contributed by atoms with van der Waals surface area (Å²) in [6.07, 6.45) is 0.967. The van der Waals surface area contributed by atoms with Crippen LogP contribution in [0.5, 0.6) is 0 Å². The molecule has 3 aromatic rings. The quantitative estimate of drug-likeness (QED) is 0.429. The zero-order chi connectivity index (χ0) is 24.6. The van der Waals surface area contributed by atoms with Gasteiger partial charge in [-0.25, -0.2) is 26.8 Å². The van der Waals surface area contributed by atoms with Crippen molar-refractivity contribution in [2.45, 2.75) is 35.9 Å². The number of Topliss-reactive ketones (excluding diaryl/α,β-unsaturated/α-hetero) is 1. The zero-order valence-corrected chi connectivity index (χ0v) is 20.5. The van der Waals surface area contributed by atoms with Gasteiger partial charge in [-0.1, -0.05) is 12.1 Å². The van der Waals surface area contributed by atoms with Crippen molar-refractivity contribution in [2.24, 2.45) is 0 Å². The molecule has 3 rings (SSSR count). The summed E-state index contributed by atoms with van der Waals surface area (Å²) in [5, 5.41) is 2.88. The van der Waals surface area contributed by atoms with E-state index in [2.05, 4.69) is 9.97 Å². The number of carbonyl (C=O) groups is 1. The standard InChI is InChI=1S/C19H17F3N2O5S4/c1-11-23-16(10-32(2,26)27)18(31-11)15-9-30-17(24-15)8-13(25)7-12-3-5-14(6-4-12)33(28,29)19(20,21)22/h3-6,9H,7-8,10H2,1-2H3. The average molecular weight is 539 g/mol. The molecule has 2 heterocycles. The molecule has 0 aliphatic rings. The molecule has 0 bridgehead atoms. The normalized spacial score (nSPS) is 12.8. The van der Waals surface area contributed by atoms with Crippen LogP contribution < -0.4 is 0 Å². The Morgan fingerprint density at radius 1 is 1.03 bits per heavy atom. The van der Waals surface area contributed by atoms with E-state index < -0.39 is 30.1 Å². The lowest BCUT2D eigenvalue weighted by Crippen LogP contribution is -2.23. The molecule has 0 unspecified atom stereocenters. The molecule has 0 radical (unpaired) electrons. The molecule has 178 valence electrons. The molecule has 7 nitrogen and oxygen atoms in total. The van der Waals surface area contributed by atoms with Crippen molar-refractivity contribution < 1.29 is 34.8 Å². The van der Waals surface area contributed by atoms with Gasteiger partial charge in [-0.15, -0.1) is 22.7 Å². The number of halogens is 3. The molecule has 0 amide bonds. The number of carbonyl (C=O) groups excluding carboxylic acids is 1. The fourth-order valence-corrected chi connectivity index (χ4v) is 6.23. The van der Waals surface area contributed by atoms with E-state index in [4.69, 9.17) is 0 Å². The Balaban J connectivity index is 1.70. The van der Waals surface area contributed by atoms with Crippen LogP contribution in [0.4, 0.5) is 13.2 Å². The summed E-state index contributed by atoms with van der Waals surface area (Å²) in [5.74, 6) is -0.488. The van der Waals surface area contributed by atoms with E-state index in [1.54, 1.807) is 12.3 Å². The molecule has 0 fully saturated rings. The van der Waals surface area contributed by atoms with Crippen molar-refractivity contribution in [3.8, 4) is 10.6 Å². The third-order valence-electron chi connectivity index (χ3n) is 4.28. The van der Waals surface area contributed by atoms with Crippen molar-refractivity contribution >= 4 is 48.1 Å². The molecule has 0 aliphatic heterocycles. The van der Waals surface area contributed by atoms with Gasteiger partial charge in [-0.2, -0.15) is 13.2 Å². The van der Waals surface area contributed by atoms with Gasteiger partial charge in [0.05, 0.1) is 38.3 Å². The summed E-state index contributed by atoms with van der Waals surface area (Å²) in [5.41, 5.74) is -4.11. The fourth-order valence-electron chi connectivity index (χ4n) is 2.89. The van der Waals surface area contributed by atoms with Crippen molar-refractivity contribution in [2.75, 3.05) is 6.26 Å². The van der Waals surface area contributed by atoms with Gasteiger partial charge in [0, 0.05) is 18.1 Å².